The molecule has 9 aromatic carbocycles. The number of rotatable bonds is 8. The predicted molar refractivity (Wildman–Crippen MR) is 236 cm³/mol. The average molecular weight is 716 g/mol. The summed E-state index contributed by atoms with van der Waals surface area (Å²) in [6, 6.07) is 80.3. The van der Waals surface area contributed by atoms with Gasteiger partial charge in [-0.05, 0) is 117 Å². The van der Waals surface area contributed by atoms with Crippen LogP contribution in [0.15, 0.2) is 229 Å². The molecule has 264 valence electrons. The van der Waals surface area contributed by atoms with Crippen LogP contribution < -0.4 is 4.90 Å². The van der Waals surface area contributed by atoms with Gasteiger partial charge in [-0.3, -0.25) is 0 Å². The fourth-order valence-corrected chi connectivity index (χ4v) is 7.86. The maximum absolute atomic E-state index is 6.29. The minimum atomic E-state index is 0.875. The highest BCUT2D eigenvalue weighted by molar-refractivity contribution is 6.07. The number of furan rings is 1. The van der Waals surface area contributed by atoms with E-state index < -0.39 is 0 Å². The Morgan fingerprint density at radius 3 is 1.32 bits per heavy atom. The fourth-order valence-electron chi connectivity index (χ4n) is 7.86. The molecule has 0 bridgehead atoms. The van der Waals surface area contributed by atoms with Crippen molar-refractivity contribution in [3.8, 4) is 55.6 Å². The molecule has 0 aliphatic heterocycles. The summed E-state index contributed by atoms with van der Waals surface area (Å²) in [6.07, 6.45) is 0. The summed E-state index contributed by atoms with van der Waals surface area (Å²) in [4.78, 5) is 2.39. The van der Waals surface area contributed by atoms with Gasteiger partial charge in [0.1, 0.15) is 11.2 Å². The number of hydrogen-bond acceptors (Lipinski definition) is 2. The Kier molecular flexibility index (Phi) is 8.55. The lowest BCUT2D eigenvalue weighted by atomic mass is 9.91. The maximum atomic E-state index is 6.29. The Morgan fingerprint density at radius 1 is 0.268 bits per heavy atom. The highest BCUT2D eigenvalue weighted by Gasteiger charge is 2.20. The summed E-state index contributed by atoms with van der Waals surface area (Å²) >= 11 is 0. The van der Waals surface area contributed by atoms with Crippen LogP contribution in [0.1, 0.15) is 0 Å². The van der Waals surface area contributed by atoms with Crippen LogP contribution in [0.5, 0.6) is 0 Å². The molecule has 1 aromatic heterocycles. The largest absolute Gasteiger partial charge is 0.456 e. The molecule has 56 heavy (non-hydrogen) atoms. The predicted octanol–water partition coefficient (Wildman–Crippen LogP) is 15.4. The van der Waals surface area contributed by atoms with E-state index in [1.807, 2.05) is 12.1 Å². The van der Waals surface area contributed by atoms with Crippen molar-refractivity contribution in [1.29, 1.82) is 0 Å². The molecule has 0 saturated heterocycles. The second-order valence-corrected chi connectivity index (χ2v) is 14.2. The van der Waals surface area contributed by atoms with Crippen LogP contribution in [-0.4, -0.2) is 0 Å². The Balaban J connectivity index is 1.18. The molecule has 2 nitrogen and oxygen atoms in total. The first-order chi connectivity index (χ1) is 27.7. The van der Waals surface area contributed by atoms with Gasteiger partial charge in [0, 0.05) is 27.7 Å². The van der Waals surface area contributed by atoms with Gasteiger partial charge in [-0.15, -0.1) is 0 Å². The SMILES string of the molecule is c1ccc(-c2ccc(N(c3ccc4oc5ccccc5c4c3)c3ccc(-c4cc(-c5ccccc5)cc(-c5ccccc5)c4)cc3-c3ccccc3)cc2)cc1. The van der Waals surface area contributed by atoms with Gasteiger partial charge in [-0.1, -0.05) is 158 Å². The lowest BCUT2D eigenvalue weighted by molar-refractivity contribution is 0.669. The highest BCUT2D eigenvalue weighted by atomic mass is 16.3. The molecule has 1 heterocycles. The van der Waals surface area contributed by atoms with E-state index in [1.165, 1.54) is 38.9 Å². The molecule has 0 N–H and O–H groups in total. The van der Waals surface area contributed by atoms with E-state index in [0.29, 0.717) is 0 Å². The van der Waals surface area contributed by atoms with E-state index in [-0.39, 0.29) is 0 Å². The third-order valence-corrected chi connectivity index (χ3v) is 10.7. The van der Waals surface area contributed by atoms with Crippen molar-refractivity contribution in [2.24, 2.45) is 0 Å². The normalized spacial score (nSPS) is 11.2. The van der Waals surface area contributed by atoms with Crippen LogP contribution in [0.2, 0.25) is 0 Å². The van der Waals surface area contributed by atoms with Crippen LogP contribution in [0, 0.1) is 0 Å². The quantitative estimate of drug-likeness (QED) is 0.156. The number of benzene rings is 9. The van der Waals surface area contributed by atoms with Crippen molar-refractivity contribution in [2.45, 2.75) is 0 Å². The first kappa shape index (κ1) is 33.2. The number of para-hydroxylation sites is 1. The molecule has 0 spiro atoms. The van der Waals surface area contributed by atoms with Crippen LogP contribution in [0.3, 0.4) is 0 Å². The van der Waals surface area contributed by atoms with E-state index in [4.69, 9.17) is 4.42 Å². The Labute approximate surface area is 327 Å². The summed E-state index contributed by atoms with van der Waals surface area (Å²) in [5.74, 6) is 0. The molecule has 0 fully saturated rings. The van der Waals surface area contributed by atoms with E-state index in [1.54, 1.807) is 0 Å². The molecule has 0 atom stereocenters. The lowest BCUT2D eigenvalue weighted by Crippen LogP contribution is -2.11. The zero-order chi connectivity index (χ0) is 37.3. The Bertz CT molecular complexity index is 2870. The molecule has 10 aromatic rings. The summed E-state index contributed by atoms with van der Waals surface area (Å²) in [5.41, 5.74) is 16.7. The monoisotopic (exact) mass is 715 g/mol. The highest BCUT2D eigenvalue weighted by Crippen LogP contribution is 2.45. The molecule has 2 heteroatoms. The van der Waals surface area contributed by atoms with Gasteiger partial charge in [0.2, 0.25) is 0 Å². The number of fused-ring (bicyclic) bond motifs is 3. The van der Waals surface area contributed by atoms with E-state index in [9.17, 15) is 0 Å². The topological polar surface area (TPSA) is 16.4 Å². The third kappa shape index (κ3) is 6.34. The maximum Gasteiger partial charge on any atom is 0.135 e. The van der Waals surface area contributed by atoms with Crippen molar-refractivity contribution in [3.05, 3.63) is 224 Å². The lowest BCUT2D eigenvalue weighted by Gasteiger charge is -2.29. The Hall–Kier alpha value is -7.42. The second-order valence-electron chi connectivity index (χ2n) is 14.2. The van der Waals surface area contributed by atoms with Crippen molar-refractivity contribution in [2.75, 3.05) is 4.90 Å². The minimum Gasteiger partial charge on any atom is -0.456 e. The summed E-state index contributed by atoms with van der Waals surface area (Å²) < 4.78 is 6.29. The van der Waals surface area contributed by atoms with Crippen LogP contribution in [-0.2, 0) is 0 Å². The number of nitrogens with zero attached hydrogens (tertiary/aromatic N) is 1. The van der Waals surface area contributed by atoms with Gasteiger partial charge in [0.15, 0.2) is 0 Å². The fraction of sp³-hybridized carbons (Fsp3) is 0. The van der Waals surface area contributed by atoms with Gasteiger partial charge in [0.25, 0.3) is 0 Å². The van der Waals surface area contributed by atoms with Gasteiger partial charge < -0.3 is 9.32 Å². The second kappa shape index (κ2) is 14.4. The van der Waals surface area contributed by atoms with Crippen molar-refractivity contribution >= 4 is 39.0 Å². The zero-order valence-electron chi connectivity index (χ0n) is 30.7. The molecular weight excluding hydrogens is 679 g/mol. The number of anilines is 3. The van der Waals surface area contributed by atoms with Gasteiger partial charge in [-0.25, -0.2) is 0 Å². The van der Waals surface area contributed by atoms with Crippen LogP contribution >= 0.6 is 0 Å². The summed E-state index contributed by atoms with van der Waals surface area (Å²) in [5, 5.41) is 2.20. The molecular formula is C54H37NO. The first-order valence-corrected chi connectivity index (χ1v) is 19.1. The Morgan fingerprint density at radius 2 is 0.714 bits per heavy atom. The standard InChI is InChI=1S/C54H37NO/c1-5-15-38(16-6-1)41-25-28-47(29-26-41)55(48-30-32-54-51(37-48)49-23-13-14-24-53(49)56-54)52-31-27-43(36-50(52)42-21-11-4-12-22-42)46-34-44(39-17-7-2-8-18-39)33-45(35-46)40-19-9-3-10-20-40/h1-37H. The molecule has 0 amide bonds. The van der Waals surface area contributed by atoms with Crippen molar-refractivity contribution in [1.82, 2.24) is 0 Å². The molecule has 0 aliphatic carbocycles. The van der Waals surface area contributed by atoms with E-state index in [0.717, 1.165) is 55.7 Å². The van der Waals surface area contributed by atoms with Gasteiger partial charge in [-0.2, -0.15) is 0 Å². The molecule has 0 radical (unpaired) electrons. The van der Waals surface area contributed by atoms with Gasteiger partial charge >= 0.3 is 0 Å². The molecule has 10 rings (SSSR count). The summed E-state index contributed by atoms with van der Waals surface area (Å²) in [6.45, 7) is 0. The molecule has 0 saturated carbocycles. The zero-order valence-corrected chi connectivity index (χ0v) is 30.7. The van der Waals surface area contributed by atoms with Crippen molar-refractivity contribution in [3.63, 3.8) is 0 Å². The van der Waals surface area contributed by atoms with Crippen LogP contribution in [0.25, 0.3) is 77.6 Å². The minimum absolute atomic E-state index is 0.875. The van der Waals surface area contributed by atoms with Crippen molar-refractivity contribution < 1.29 is 4.42 Å². The first-order valence-electron chi connectivity index (χ1n) is 19.1. The molecule has 0 unspecified atom stereocenters. The van der Waals surface area contributed by atoms with E-state index in [2.05, 4.69) is 217 Å². The average Bonchev–Trinajstić information content (AvgIpc) is 3.66. The molecule has 0 aliphatic rings. The number of hydrogen-bond donors (Lipinski definition) is 0. The summed E-state index contributed by atoms with van der Waals surface area (Å²) in [7, 11) is 0. The smallest absolute Gasteiger partial charge is 0.135 e. The van der Waals surface area contributed by atoms with Crippen LogP contribution in [0.4, 0.5) is 17.1 Å². The third-order valence-electron chi connectivity index (χ3n) is 10.7. The van der Waals surface area contributed by atoms with Gasteiger partial charge in [0.05, 0.1) is 5.69 Å². The van der Waals surface area contributed by atoms with E-state index >= 15 is 0 Å².